The van der Waals surface area contributed by atoms with Gasteiger partial charge in [-0.05, 0) is 25.0 Å². The van der Waals surface area contributed by atoms with Gasteiger partial charge in [0.2, 0.25) is 5.09 Å². The summed E-state index contributed by atoms with van der Waals surface area (Å²) in [5.41, 5.74) is 0. The van der Waals surface area contributed by atoms with E-state index in [9.17, 15) is 8.42 Å². The first-order valence-electron chi connectivity index (χ1n) is 6.57. The lowest BCUT2D eigenvalue weighted by molar-refractivity contribution is 0.198. The van der Waals surface area contributed by atoms with Crippen molar-refractivity contribution < 1.29 is 17.6 Å². The third kappa shape index (κ3) is 4.17. The summed E-state index contributed by atoms with van der Waals surface area (Å²) in [7, 11) is -1.94. The Balaban J connectivity index is 1.89. The fourth-order valence-corrected chi connectivity index (χ4v) is 3.19. The van der Waals surface area contributed by atoms with E-state index in [0.717, 1.165) is 12.8 Å². The van der Waals surface area contributed by atoms with Gasteiger partial charge in [-0.2, -0.15) is 0 Å². The van der Waals surface area contributed by atoms with Gasteiger partial charge in [-0.15, -0.1) is 0 Å². The Bertz CT molecular complexity index is 542. The maximum absolute atomic E-state index is 12.1. The quantitative estimate of drug-likeness (QED) is 0.553. The minimum Gasteiger partial charge on any atom is -0.447 e. The van der Waals surface area contributed by atoms with E-state index in [1.165, 1.54) is 6.07 Å². The van der Waals surface area contributed by atoms with Crippen molar-refractivity contribution in [2.45, 2.75) is 30.5 Å². The monoisotopic (exact) mass is 300 g/mol. The molecule has 0 saturated heterocycles. The van der Waals surface area contributed by atoms with Crippen molar-refractivity contribution in [1.29, 1.82) is 0 Å². The molecule has 2 rings (SSSR count). The Hall–Kier alpha value is -1.15. The highest BCUT2D eigenvalue weighted by molar-refractivity contribution is 7.89. The lowest BCUT2D eigenvalue weighted by Gasteiger charge is -2.10. The summed E-state index contributed by atoms with van der Waals surface area (Å²) in [6.07, 6.45) is 5.40. The van der Waals surface area contributed by atoms with Crippen molar-refractivity contribution in [2.75, 3.05) is 20.3 Å². The standard InChI is InChI=1S/C13H20N2O4S/c1-18-9-8-14-10-12-6-7-13(19-12)20(16,17)15-11-4-2-3-5-11/h2-3,6-7,11,14-15H,4-5,8-10H2,1H3. The molecule has 0 spiro atoms. The highest BCUT2D eigenvalue weighted by Crippen LogP contribution is 2.17. The molecule has 7 heteroatoms. The first kappa shape index (κ1) is 15.2. The van der Waals surface area contributed by atoms with Crippen molar-refractivity contribution in [1.82, 2.24) is 10.0 Å². The summed E-state index contributed by atoms with van der Waals surface area (Å²) in [5, 5.41) is 3.06. The molecule has 1 heterocycles. The molecule has 0 aromatic carbocycles. The minimum atomic E-state index is -3.57. The molecular formula is C13H20N2O4S. The molecule has 1 aromatic heterocycles. The zero-order chi connectivity index (χ0) is 14.4. The number of nitrogens with one attached hydrogen (secondary N) is 2. The van der Waals surface area contributed by atoms with Gasteiger partial charge < -0.3 is 14.5 Å². The Morgan fingerprint density at radius 1 is 1.35 bits per heavy atom. The van der Waals surface area contributed by atoms with Crippen LogP contribution in [0, 0.1) is 0 Å². The van der Waals surface area contributed by atoms with Gasteiger partial charge in [0, 0.05) is 19.7 Å². The molecule has 2 N–H and O–H groups in total. The normalized spacial score (nSPS) is 16.1. The summed E-state index contributed by atoms with van der Waals surface area (Å²) in [6.45, 7) is 1.76. The van der Waals surface area contributed by atoms with E-state index in [0.29, 0.717) is 25.5 Å². The molecule has 0 atom stereocenters. The van der Waals surface area contributed by atoms with Gasteiger partial charge in [0.25, 0.3) is 10.0 Å². The van der Waals surface area contributed by atoms with Crippen LogP contribution >= 0.6 is 0 Å². The van der Waals surface area contributed by atoms with Gasteiger partial charge >= 0.3 is 0 Å². The zero-order valence-corrected chi connectivity index (χ0v) is 12.3. The summed E-state index contributed by atoms with van der Waals surface area (Å²) < 4.78 is 37.1. The van der Waals surface area contributed by atoms with Crippen LogP contribution in [0.3, 0.4) is 0 Å². The minimum absolute atomic E-state index is 0.0343. The summed E-state index contributed by atoms with van der Waals surface area (Å²) in [5.74, 6) is 0.589. The lowest BCUT2D eigenvalue weighted by Crippen LogP contribution is -2.32. The molecule has 1 aliphatic carbocycles. The number of furan rings is 1. The molecule has 0 aliphatic heterocycles. The second kappa shape index (κ2) is 7.03. The Morgan fingerprint density at radius 3 is 2.80 bits per heavy atom. The van der Waals surface area contributed by atoms with Gasteiger partial charge in [-0.25, -0.2) is 13.1 Å². The van der Waals surface area contributed by atoms with Crippen LogP contribution in [0.2, 0.25) is 0 Å². The first-order chi connectivity index (χ1) is 9.62. The second-order valence-corrected chi connectivity index (χ2v) is 6.30. The van der Waals surface area contributed by atoms with Crippen LogP contribution in [0.25, 0.3) is 0 Å². The molecule has 20 heavy (non-hydrogen) atoms. The predicted octanol–water partition coefficient (Wildman–Crippen LogP) is 1.01. The van der Waals surface area contributed by atoms with E-state index in [1.807, 2.05) is 12.2 Å². The molecule has 0 radical (unpaired) electrons. The smallest absolute Gasteiger partial charge is 0.274 e. The number of sulfonamides is 1. The molecule has 0 unspecified atom stereocenters. The number of ether oxygens (including phenoxy) is 1. The molecule has 6 nitrogen and oxygen atoms in total. The van der Waals surface area contributed by atoms with E-state index >= 15 is 0 Å². The number of hydrogen-bond donors (Lipinski definition) is 2. The summed E-state index contributed by atoms with van der Waals surface area (Å²) >= 11 is 0. The molecule has 0 fully saturated rings. The van der Waals surface area contributed by atoms with Crippen molar-refractivity contribution in [3.63, 3.8) is 0 Å². The summed E-state index contributed by atoms with van der Waals surface area (Å²) in [4.78, 5) is 0. The van der Waals surface area contributed by atoms with Crippen LogP contribution < -0.4 is 10.0 Å². The van der Waals surface area contributed by atoms with Gasteiger partial charge in [0.05, 0.1) is 13.2 Å². The lowest BCUT2D eigenvalue weighted by atomic mass is 10.3. The Kier molecular flexibility index (Phi) is 5.36. The highest BCUT2D eigenvalue weighted by atomic mass is 32.2. The maximum atomic E-state index is 12.1. The van der Waals surface area contributed by atoms with E-state index in [4.69, 9.17) is 9.15 Å². The fraction of sp³-hybridized carbons (Fsp3) is 0.538. The maximum Gasteiger partial charge on any atom is 0.274 e. The van der Waals surface area contributed by atoms with Crippen LogP contribution in [0.15, 0.2) is 33.8 Å². The predicted molar refractivity (Wildman–Crippen MR) is 74.8 cm³/mol. The third-order valence-corrected chi connectivity index (χ3v) is 4.41. The highest BCUT2D eigenvalue weighted by Gasteiger charge is 2.23. The van der Waals surface area contributed by atoms with Crippen LogP contribution in [-0.4, -0.2) is 34.7 Å². The molecule has 0 amide bonds. The number of methoxy groups -OCH3 is 1. The Morgan fingerprint density at radius 2 is 2.10 bits per heavy atom. The van der Waals surface area contributed by atoms with Gasteiger partial charge in [0.1, 0.15) is 5.76 Å². The average Bonchev–Trinajstić information content (AvgIpc) is 3.05. The van der Waals surface area contributed by atoms with Gasteiger partial charge in [0.15, 0.2) is 0 Å². The van der Waals surface area contributed by atoms with Crippen LogP contribution in [0.1, 0.15) is 18.6 Å². The van der Waals surface area contributed by atoms with Crippen LogP contribution in [0.4, 0.5) is 0 Å². The fourth-order valence-electron chi connectivity index (χ4n) is 1.97. The van der Waals surface area contributed by atoms with Crippen molar-refractivity contribution in [2.24, 2.45) is 0 Å². The number of rotatable bonds is 8. The molecule has 1 aromatic rings. The van der Waals surface area contributed by atoms with E-state index in [1.54, 1.807) is 13.2 Å². The molecule has 0 saturated carbocycles. The average molecular weight is 300 g/mol. The van der Waals surface area contributed by atoms with Crippen LogP contribution in [-0.2, 0) is 21.3 Å². The number of hydrogen-bond acceptors (Lipinski definition) is 5. The van der Waals surface area contributed by atoms with Crippen molar-refractivity contribution >= 4 is 10.0 Å². The first-order valence-corrected chi connectivity index (χ1v) is 8.06. The van der Waals surface area contributed by atoms with Gasteiger partial charge in [-0.3, -0.25) is 0 Å². The second-order valence-electron chi connectivity index (χ2n) is 4.65. The Labute approximate surface area is 119 Å². The van der Waals surface area contributed by atoms with Crippen LogP contribution in [0.5, 0.6) is 0 Å². The van der Waals surface area contributed by atoms with Crippen molar-refractivity contribution in [3.05, 3.63) is 30.0 Å². The van der Waals surface area contributed by atoms with E-state index in [2.05, 4.69) is 10.0 Å². The molecule has 0 bridgehead atoms. The SMILES string of the molecule is COCCNCc1ccc(S(=O)(=O)NC2CC=CC2)o1. The zero-order valence-electron chi connectivity index (χ0n) is 11.5. The van der Waals surface area contributed by atoms with Crippen molar-refractivity contribution in [3.8, 4) is 0 Å². The van der Waals surface area contributed by atoms with Gasteiger partial charge in [-0.1, -0.05) is 12.2 Å². The molecular weight excluding hydrogens is 280 g/mol. The largest absolute Gasteiger partial charge is 0.447 e. The summed E-state index contributed by atoms with van der Waals surface area (Å²) in [6, 6.07) is 3.09. The van der Waals surface area contributed by atoms with E-state index < -0.39 is 10.0 Å². The molecule has 1 aliphatic rings. The molecule has 112 valence electrons. The third-order valence-electron chi connectivity index (χ3n) is 3.01. The van der Waals surface area contributed by atoms with E-state index in [-0.39, 0.29) is 11.1 Å². The topological polar surface area (TPSA) is 80.6 Å².